The molecular formula is C16H19N5O3. The lowest BCUT2D eigenvalue weighted by molar-refractivity contribution is -0.118. The van der Waals surface area contributed by atoms with Crippen molar-refractivity contribution in [2.24, 2.45) is 0 Å². The number of aromatic amines is 1. The number of carbonyl (C=O) groups excluding carboxylic acids is 2. The normalized spacial score (nSPS) is 14.2. The number of aromatic nitrogens is 2. The predicted molar refractivity (Wildman–Crippen MR) is 89.2 cm³/mol. The van der Waals surface area contributed by atoms with Gasteiger partial charge in [-0.15, -0.1) is 0 Å². The SMILES string of the molecule is Cc1cc(CC(C)NC(=O)Nc2ccc3c(c2)OCC(=O)N3)n[nH]1. The first kappa shape index (κ1) is 15.9. The van der Waals surface area contributed by atoms with E-state index >= 15 is 0 Å². The molecule has 0 saturated heterocycles. The van der Waals surface area contributed by atoms with E-state index in [1.54, 1.807) is 18.2 Å². The molecule has 8 nitrogen and oxygen atoms in total. The number of nitrogens with zero attached hydrogens (tertiary/aromatic N) is 1. The zero-order valence-corrected chi connectivity index (χ0v) is 13.5. The summed E-state index contributed by atoms with van der Waals surface area (Å²) >= 11 is 0. The van der Waals surface area contributed by atoms with Gasteiger partial charge in [0.05, 0.1) is 11.4 Å². The van der Waals surface area contributed by atoms with Gasteiger partial charge in [-0.05, 0) is 32.0 Å². The number of carbonyl (C=O) groups is 2. The monoisotopic (exact) mass is 329 g/mol. The van der Waals surface area contributed by atoms with Crippen LogP contribution in [0.15, 0.2) is 24.3 Å². The van der Waals surface area contributed by atoms with E-state index < -0.39 is 0 Å². The Bertz CT molecular complexity index is 771. The van der Waals surface area contributed by atoms with Gasteiger partial charge in [-0.3, -0.25) is 9.89 Å². The molecule has 1 aromatic carbocycles. The van der Waals surface area contributed by atoms with Gasteiger partial charge in [0.15, 0.2) is 6.61 Å². The highest BCUT2D eigenvalue weighted by Gasteiger charge is 2.17. The van der Waals surface area contributed by atoms with E-state index in [1.165, 1.54) is 0 Å². The Morgan fingerprint density at radius 2 is 2.25 bits per heavy atom. The van der Waals surface area contributed by atoms with Crippen molar-refractivity contribution < 1.29 is 14.3 Å². The minimum atomic E-state index is -0.311. The standard InChI is InChI=1S/C16H19N5O3/c1-9(5-12-6-10(2)20-21-12)17-16(23)18-11-3-4-13-14(7-11)24-8-15(22)19-13/h3-4,6-7,9H,5,8H2,1-2H3,(H,19,22)(H,20,21)(H2,17,18,23). The van der Waals surface area contributed by atoms with Crippen LogP contribution in [0.4, 0.5) is 16.2 Å². The molecular weight excluding hydrogens is 310 g/mol. The average Bonchev–Trinajstić information content (AvgIpc) is 2.92. The molecule has 126 valence electrons. The lowest BCUT2D eigenvalue weighted by Crippen LogP contribution is -2.37. The topological polar surface area (TPSA) is 108 Å². The van der Waals surface area contributed by atoms with Gasteiger partial charge in [0.1, 0.15) is 5.75 Å². The lowest BCUT2D eigenvalue weighted by Gasteiger charge is -2.19. The van der Waals surface area contributed by atoms with Crippen LogP contribution in [0.2, 0.25) is 0 Å². The summed E-state index contributed by atoms with van der Waals surface area (Å²) in [6.07, 6.45) is 0.636. The average molecular weight is 329 g/mol. The molecule has 1 unspecified atom stereocenters. The van der Waals surface area contributed by atoms with Gasteiger partial charge in [-0.1, -0.05) is 0 Å². The van der Waals surface area contributed by atoms with Gasteiger partial charge in [0, 0.05) is 29.9 Å². The van der Waals surface area contributed by atoms with Crippen LogP contribution in [-0.4, -0.2) is 34.8 Å². The van der Waals surface area contributed by atoms with Crippen molar-refractivity contribution >= 4 is 23.3 Å². The fourth-order valence-corrected chi connectivity index (χ4v) is 2.49. The number of amides is 3. The van der Waals surface area contributed by atoms with E-state index in [1.807, 2.05) is 19.9 Å². The first-order chi connectivity index (χ1) is 11.5. The summed E-state index contributed by atoms with van der Waals surface area (Å²) in [7, 11) is 0. The minimum absolute atomic E-state index is 0.0250. The number of anilines is 2. The number of ether oxygens (including phenoxy) is 1. The van der Waals surface area contributed by atoms with Gasteiger partial charge in [-0.2, -0.15) is 5.10 Å². The molecule has 2 heterocycles. The van der Waals surface area contributed by atoms with Crippen LogP contribution in [-0.2, 0) is 11.2 Å². The lowest BCUT2D eigenvalue weighted by atomic mass is 10.2. The van der Waals surface area contributed by atoms with Gasteiger partial charge in [-0.25, -0.2) is 4.79 Å². The minimum Gasteiger partial charge on any atom is -0.482 e. The Labute approximate surface area is 139 Å². The van der Waals surface area contributed by atoms with E-state index in [0.717, 1.165) is 11.4 Å². The third kappa shape index (κ3) is 3.83. The molecule has 0 radical (unpaired) electrons. The predicted octanol–water partition coefficient (Wildman–Crippen LogP) is 1.80. The van der Waals surface area contributed by atoms with Gasteiger partial charge in [0.2, 0.25) is 0 Å². The third-order valence-electron chi connectivity index (χ3n) is 3.52. The molecule has 4 N–H and O–H groups in total. The Balaban J connectivity index is 1.55. The van der Waals surface area contributed by atoms with Gasteiger partial charge in [0.25, 0.3) is 5.91 Å². The van der Waals surface area contributed by atoms with Gasteiger partial charge < -0.3 is 20.7 Å². The number of fused-ring (bicyclic) bond motifs is 1. The smallest absolute Gasteiger partial charge is 0.319 e. The van der Waals surface area contributed by atoms with E-state index in [-0.39, 0.29) is 24.6 Å². The Morgan fingerprint density at radius 3 is 3.00 bits per heavy atom. The third-order valence-corrected chi connectivity index (χ3v) is 3.52. The first-order valence-corrected chi connectivity index (χ1v) is 7.65. The maximum Gasteiger partial charge on any atom is 0.319 e. The number of aryl methyl sites for hydroxylation is 1. The second-order valence-corrected chi connectivity index (χ2v) is 5.79. The number of urea groups is 1. The quantitative estimate of drug-likeness (QED) is 0.686. The molecule has 1 aliphatic heterocycles. The molecule has 0 bridgehead atoms. The van der Waals surface area contributed by atoms with Crippen molar-refractivity contribution in [3.8, 4) is 5.75 Å². The second kappa shape index (κ2) is 6.61. The zero-order valence-electron chi connectivity index (χ0n) is 13.5. The second-order valence-electron chi connectivity index (χ2n) is 5.79. The van der Waals surface area contributed by atoms with Crippen LogP contribution in [0.5, 0.6) is 5.75 Å². The number of nitrogens with one attached hydrogen (secondary N) is 4. The summed E-state index contributed by atoms with van der Waals surface area (Å²) in [5, 5.41) is 15.3. The number of benzene rings is 1. The molecule has 1 atom stereocenters. The highest BCUT2D eigenvalue weighted by Crippen LogP contribution is 2.30. The van der Waals surface area contributed by atoms with Crippen LogP contribution in [0.1, 0.15) is 18.3 Å². The molecule has 0 aliphatic carbocycles. The molecule has 3 rings (SSSR count). The van der Waals surface area contributed by atoms with E-state index in [2.05, 4.69) is 26.1 Å². The summed E-state index contributed by atoms with van der Waals surface area (Å²) < 4.78 is 5.32. The highest BCUT2D eigenvalue weighted by atomic mass is 16.5. The largest absolute Gasteiger partial charge is 0.482 e. The zero-order chi connectivity index (χ0) is 17.1. The van der Waals surface area contributed by atoms with Crippen LogP contribution < -0.4 is 20.7 Å². The summed E-state index contributed by atoms with van der Waals surface area (Å²) in [6, 6.07) is 6.64. The van der Waals surface area contributed by atoms with Crippen molar-refractivity contribution in [1.29, 1.82) is 0 Å². The molecule has 2 aromatic rings. The first-order valence-electron chi connectivity index (χ1n) is 7.65. The fraction of sp³-hybridized carbons (Fsp3) is 0.312. The molecule has 3 amide bonds. The summed E-state index contributed by atoms with van der Waals surface area (Å²) in [4.78, 5) is 23.3. The maximum atomic E-state index is 12.1. The van der Waals surface area contributed by atoms with Gasteiger partial charge >= 0.3 is 6.03 Å². The Morgan fingerprint density at radius 1 is 1.42 bits per heavy atom. The van der Waals surface area contributed by atoms with Crippen LogP contribution in [0, 0.1) is 6.92 Å². The van der Waals surface area contributed by atoms with Crippen LogP contribution in [0.3, 0.4) is 0 Å². The highest BCUT2D eigenvalue weighted by molar-refractivity contribution is 5.96. The Hall–Kier alpha value is -3.03. The number of H-pyrrole nitrogens is 1. The molecule has 1 aliphatic rings. The summed E-state index contributed by atoms with van der Waals surface area (Å²) in [5.41, 5.74) is 3.07. The van der Waals surface area contributed by atoms with E-state index in [9.17, 15) is 9.59 Å². The van der Waals surface area contributed by atoms with Crippen molar-refractivity contribution in [2.45, 2.75) is 26.3 Å². The van der Waals surface area contributed by atoms with Crippen molar-refractivity contribution in [3.05, 3.63) is 35.7 Å². The molecule has 0 fully saturated rings. The molecule has 8 heteroatoms. The molecule has 0 saturated carbocycles. The van der Waals surface area contributed by atoms with E-state index in [0.29, 0.717) is 23.5 Å². The number of hydrogen-bond acceptors (Lipinski definition) is 4. The molecule has 0 spiro atoms. The molecule has 24 heavy (non-hydrogen) atoms. The van der Waals surface area contributed by atoms with Crippen LogP contribution in [0.25, 0.3) is 0 Å². The van der Waals surface area contributed by atoms with Crippen molar-refractivity contribution in [3.63, 3.8) is 0 Å². The fourth-order valence-electron chi connectivity index (χ4n) is 2.49. The summed E-state index contributed by atoms with van der Waals surface area (Å²) in [6.45, 7) is 3.82. The Kier molecular flexibility index (Phi) is 4.37. The van der Waals surface area contributed by atoms with Crippen molar-refractivity contribution in [2.75, 3.05) is 17.2 Å². The number of rotatable bonds is 4. The maximum absolute atomic E-state index is 12.1. The molecule has 1 aromatic heterocycles. The number of hydrogen-bond donors (Lipinski definition) is 4. The van der Waals surface area contributed by atoms with Crippen LogP contribution >= 0.6 is 0 Å². The van der Waals surface area contributed by atoms with Crippen molar-refractivity contribution in [1.82, 2.24) is 15.5 Å². The van der Waals surface area contributed by atoms with E-state index in [4.69, 9.17) is 4.74 Å². The summed E-state index contributed by atoms with van der Waals surface area (Å²) in [5.74, 6) is 0.343.